The summed E-state index contributed by atoms with van der Waals surface area (Å²) in [5.74, 6) is -0.794. The number of hydrogen-bond acceptors (Lipinski definition) is 5. The molecule has 0 saturated carbocycles. The van der Waals surface area contributed by atoms with Crippen molar-refractivity contribution in [3.63, 3.8) is 0 Å². The summed E-state index contributed by atoms with van der Waals surface area (Å²) in [5.41, 5.74) is 0. The van der Waals surface area contributed by atoms with E-state index in [0.29, 0.717) is 13.0 Å². The van der Waals surface area contributed by atoms with Crippen molar-refractivity contribution in [1.82, 2.24) is 5.32 Å². The van der Waals surface area contributed by atoms with Crippen LogP contribution in [0.1, 0.15) is 58.8 Å². The van der Waals surface area contributed by atoms with Crippen LogP contribution in [0.3, 0.4) is 0 Å². The van der Waals surface area contributed by atoms with Crippen LogP contribution >= 0.6 is 0 Å². The third kappa shape index (κ3) is 12.2. The van der Waals surface area contributed by atoms with Crippen molar-refractivity contribution in [2.45, 2.75) is 58.8 Å². The molecule has 1 N–H and O–H groups in total. The Morgan fingerprint density at radius 2 is 1.63 bits per heavy atom. The third-order valence-electron chi connectivity index (χ3n) is 2.66. The van der Waals surface area contributed by atoms with Crippen molar-refractivity contribution in [2.75, 3.05) is 18.8 Å². The van der Waals surface area contributed by atoms with E-state index in [0.717, 1.165) is 25.7 Å². The van der Waals surface area contributed by atoms with Gasteiger partial charge in [-0.25, -0.2) is 4.79 Å². The van der Waals surface area contributed by atoms with E-state index in [9.17, 15) is 13.2 Å². The molecule has 0 heterocycles. The first-order chi connectivity index (χ1) is 9.02. The Bertz CT molecular complexity index is 328. The highest BCUT2D eigenvalue weighted by Crippen LogP contribution is 2.07. The smallest absolute Gasteiger partial charge is 0.335 e. The number of nitrogens with one attached hydrogen (secondary N) is 1. The van der Waals surface area contributed by atoms with Gasteiger partial charge in [-0.05, 0) is 19.4 Å². The zero-order valence-corrected chi connectivity index (χ0v) is 12.9. The zero-order valence-electron chi connectivity index (χ0n) is 12.1. The van der Waals surface area contributed by atoms with Crippen LogP contribution < -0.4 is 5.32 Å². The average molecular weight is 293 g/mol. The number of hydrogen-bond donors (Lipinski definition) is 1. The highest BCUT2D eigenvalue weighted by atomic mass is 32.2. The molecule has 0 aliphatic rings. The molecule has 6 heteroatoms. The Balaban J connectivity index is 3.70. The maximum absolute atomic E-state index is 11.5. The summed E-state index contributed by atoms with van der Waals surface area (Å²) in [6.45, 7) is 4.72. The molecule has 0 aromatic carbocycles. The van der Waals surface area contributed by atoms with Crippen LogP contribution in [0.25, 0.3) is 0 Å². The second kappa shape index (κ2) is 11.2. The molecule has 0 aromatic heterocycles. The number of rotatable bonds is 12. The van der Waals surface area contributed by atoms with E-state index in [1.165, 1.54) is 12.8 Å². The van der Waals surface area contributed by atoms with E-state index < -0.39 is 16.1 Å². The lowest BCUT2D eigenvalue weighted by molar-refractivity contribution is -0.132. The summed E-state index contributed by atoms with van der Waals surface area (Å²) < 4.78 is 27.5. The van der Waals surface area contributed by atoms with Gasteiger partial charge in [0.05, 0.1) is 12.3 Å². The van der Waals surface area contributed by atoms with Gasteiger partial charge in [-0.2, -0.15) is 8.42 Å². The molecule has 0 aliphatic heterocycles. The predicted molar refractivity (Wildman–Crippen MR) is 76.4 cm³/mol. The van der Waals surface area contributed by atoms with Gasteiger partial charge in [0.2, 0.25) is 0 Å². The third-order valence-corrected chi connectivity index (χ3v) is 3.89. The van der Waals surface area contributed by atoms with Crippen molar-refractivity contribution in [3.8, 4) is 0 Å². The Labute approximate surface area is 117 Å². The van der Waals surface area contributed by atoms with E-state index in [1.54, 1.807) is 0 Å². The fourth-order valence-corrected chi connectivity index (χ4v) is 2.62. The minimum Gasteiger partial charge on any atom is -0.344 e. The Hall–Kier alpha value is -0.620. The highest BCUT2D eigenvalue weighted by molar-refractivity contribution is 7.87. The standard InChI is InChI=1S/C13H27NO4S/c1-3-5-6-7-8-9-11-19(16,17)18-13(15)12-14-10-4-2/h14H,3-12H2,1-2H3. The molecular weight excluding hydrogens is 266 g/mol. The van der Waals surface area contributed by atoms with Crippen molar-refractivity contribution in [3.05, 3.63) is 0 Å². The molecule has 0 spiro atoms. The fourth-order valence-electron chi connectivity index (χ4n) is 1.64. The zero-order chi connectivity index (χ0) is 14.6. The molecule has 0 amide bonds. The molecule has 0 unspecified atom stereocenters. The lowest BCUT2D eigenvalue weighted by Crippen LogP contribution is -2.28. The largest absolute Gasteiger partial charge is 0.344 e. The number of unbranched alkanes of at least 4 members (excludes halogenated alkanes) is 5. The van der Waals surface area contributed by atoms with Crippen LogP contribution in [-0.2, 0) is 19.1 Å². The van der Waals surface area contributed by atoms with Gasteiger partial charge >= 0.3 is 16.1 Å². The molecule has 0 rings (SSSR count). The van der Waals surface area contributed by atoms with Crippen LogP contribution in [0, 0.1) is 0 Å². The van der Waals surface area contributed by atoms with Crippen molar-refractivity contribution >= 4 is 16.1 Å². The van der Waals surface area contributed by atoms with Crippen molar-refractivity contribution in [1.29, 1.82) is 0 Å². The van der Waals surface area contributed by atoms with Crippen LogP contribution in [0.5, 0.6) is 0 Å². The van der Waals surface area contributed by atoms with Crippen LogP contribution in [-0.4, -0.2) is 33.2 Å². The average Bonchev–Trinajstić information content (AvgIpc) is 2.33. The Morgan fingerprint density at radius 1 is 1.00 bits per heavy atom. The molecule has 0 atom stereocenters. The first kappa shape index (κ1) is 18.4. The van der Waals surface area contributed by atoms with Gasteiger partial charge in [-0.15, -0.1) is 0 Å². The molecule has 0 aromatic rings. The minimum atomic E-state index is -3.70. The van der Waals surface area contributed by atoms with E-state index in [4.69, 9.17) is 0 Å². The normalized spacial score (nSPS) is 11.5. The maximum Gasteiger partial charge on any atom is 0.335 e. The van der Waals surface area contributed by atoms with Crippen LogP contribution in [0.2, 0.25) is 0 Å². The molecule has 0 bridgehead atoms. The van der Waals surface area contributed by atoms with E-state index >= 15 is 0 Å². The molecular formula is C13H27NO4S. The molecule has 0 fully saturated rings. The van der Waals surface area contributed by atoms with Gasteiger partial charge in [0.25, 0.3) is 0 Å². The van der Waals surface area contributed by atoms with Gasteiger partial charge in [-0.1, -0.05) is 46.0 Å². The Morgan fingerprint density at radius 3 is 2.26 bits per heavy atom. The lowest BCUT2D eigenvalue weighted by atomic mass is 10.1. The summed E-state index contributed by atoms with van der Waals surface area (Å²) in [6, 6.07) is 0. The van der Waals surface area contributed by atoms with Gasteiger partial charge < -0.3 is 9.50 Å². The van der Waals surface area contributed by atoms with Gasteiger partial charge in [0, 0.05) is 0 Å². The van der Waals surface area contributed by atoms with E-state index in [1.807, 2.05) is 6.92 Å². The Kier molecular flexibility index (Phi) is 10.9. The molecule has 0 radical (unpaired) electrons. The summed E-state index contributed by atoms with van der Waals surface area (Å²) in [5, 5.41) is 2.81. The summed E-state index contributed by atoms with van der Waals surface area (Å²) in [6.07, 6.45) is 6.84. The van der Waals surface area contributed by atoms with Crippen LogP contribution in [0.4, 0.5) is 0 Å². The minimum absolute atomic E-state index is 0.0520. The monoisotopic (exact) mass is 293 g/mol. The fraction of sp³-hybridized carbons (Fsp3) is 0.923. The number of carbonyl (C=O) groups excluding carboxylic acids is 1. The molecule has 0 aliphatic carbocycles. The maximum atomic E-state index is 11.5. The predicted octanol–water partition coefficient (Wildman–Crippen LogP) is 2.22. The summed E-state index contributed by atoms with van der Waals surface area (Å²) in [4.78, 5) is 11.2. The molecule has 114 valence electrons. The second-order valence-corrected chi connectivity index (χ2v) is 6.35. The quantitative estimate of drug-likeness (QED) is 0.441. The molecule has 19 heavy (non-hydrogen) atoms. The second-order valence-electron chi connectivity index (χ2n) is 4.66. The lowest BCUT2D eigenvalue weighted by Gasteiger charge is -2.06. The topological polar surface area (TPSA) is 72.5 Å². The van der Waals surface area contributed by atoms with E-state index in [2.05, 4.69) is 16.4 Å². The van der Waals surface area contributed by atoms with Crippen molar-refractivity contribution < 1.29 is 17.4 Å². The number of carbonyl (C=O) groups is 1. The first-order valence-electron chi connectivity index (χ1n) is 7.17. The SMILES string of the molecule is CCCCCCCCS(=O)(=O)OC(=O)CNCCC. The van der Waals surface area contributed by atoms with Gasteiger partial charge in [0.15, 0.2) is 0 Å². The summed E-state index contributed by atoms with van der Waals surface area (Å²) >= 11 is 0. The summed E-state index contributed by atoms with van der Waals surface area (Å²) in [7, 11) is -3.70. The van der Waals surface area contributed by atoms with Crippen molar-refractivity contribution in [2.24, 2.45) is 0 Å². The van der Waals surface area contributed by atoms with Gasteiger partial charge in [0.1, 0.15) is 0 Å². The van der Waals surface area contributed by atoms with Crippen LogP contribution in [0.15, 0.2) is 0 Å². The van der Waals surface area contributed by atoms with Gasteiger partial charge in [-0.3, -0.25) is 0 Å². The molecule has 0 saturated heterocycles. The molecule has 5 nitrogen and oxygen atoms in total. The highest BCUT2D eigenvalue weighted by Gasteiger charge is 2.16. The van der Waals surface area contributed by atoms with E-state index in [-0.39, 0.29) is 12.3 Å². The first-order valence-corrected chi connectivity index (χ1v) is 8.75.